The number of rotatable bonds is 4. The number of hydrogen-bond acceptors (Lipinski definition) is 3. The Balaban J connectivity index is 0.00000162. The highest BCUT2D eigenvalue weighted by molar-refractivity contribution is 5.90. The summed E-state index contributed by atoms with van der Waals surface area (Å²) in [6, 6.07) is 0. The number of aromatic amines is 1. The standard InChI is InChI=1S/C13H20N2O2.ClH/c1-2-17-13(16)12-10(7-8-14)9-5-3-4-6-11(9)15-12;/h15H,2-8,14H2,1H3;1H. The molecule has 3 N–H and O–H groups in total. The van der Waals surface area contributed by atoms with E-state index >= 15 is 0 Å². The largest absolute Gasteiger partial charge is 0.461 e. The van der Waals surface area contributed by atoms with Gasteiger partial charge in [-0.05, 0) is 56.7 Å². The van der Waals surface area contributed by atoms with Crippen molar-refractivity contribution in [2.75, 3.05) is 13.2 Å². The molecular formula is C13H21ClN2O2. The summed E-state index contributed by atoms with van der Waals surface area (Å²) in [6.45, 7) is 2.80. The molecule has 0 aromatic carbocycles. The van der Waals surface area contributed by atoms with Crippen molar-refractivity contribution in [3.8, 4) is 0 Å². The maximum absolute atomic E-state index is 11.9. The molecule has 5 heteroatoms. The van der Waals surface area contributed by atoms with Gasteiger partial charge in [-0.3, -0.25) is 0 Å². The number of carbonyl (C=O) groups is 1. The second kappa shape index (κ2) is 6.81. The number of esters is 1. The summed E-state index contributed by atoms with van der Waals surface area (Å²) in [5, 5.41) is 0. The topological polar surface area (TPSA) is 68.1 Å². The Morgan fingerprint density at radius 2 is 2.11 bits per heavy atom. The van der Waals surface area contributed by atoms with Gasteiger partial charge in [0, 0.05) is 5.69 Å². The predicted molar refractivity (Wildman–Crippen MR) is 73.4 cm³/mol. The first kappa shape index (κ1) is 15.1. The number of aryl methyl sites for hydroxylation is 1. The van der Waals surface area contributed by atoms with Crippen LogP contribution in [0.3, 0.4) is 0 Å². The number of fused-ring (bicyclic) bond motifs is 1. The van der Waals surface area contributed by atoms with E-state index in [0.29, 0.717) is 18.8 Å². The average Bonchev–Trinajstić information content (AvgIpc) is 2.70. The minimum atomic E-state index is -0.245. The Kier molecular flexibility index (Phi) is 5.69. The van der Waals surface area contributed by atoms with Crippen molar-refractivity contribution >= 4 is 18.4 Å². The number of H-pyrrole nitrogens is 1. The quantitative estimate of drug-likeness (QED) is 0.824. The molecule has 0 amide bonds. The lowest BCUT2D eigenvalue weighted by Gasteiger charge is -2.12. The Morgan fingerprint density at radius 1 is 1.39 bits per heavy atom. The fourth-order valence-electron chi connectivity index (χ4n) is 2.55. The third-order valence-corrected chi connectivity index (χ3v) is 3.28. The highest BCUT2D eigenvalue weighted by Gasteiger charge is 2.23. The maximum atomic E-state index is 11.9. The third kappa shape index (κ3) is 2.87. The Hall–Kier alpha value is -1.00. The molecule has 0 saturated carbocycles. The first-order valence-corrected chi connectivity index (χ1v) is 6.37. The van der Waals surface area contributed by atoms with Gasteiger partial charge in [0.2, 0.25) is 0 Å². The lowest BCUT2D eigenvalue weighted by atomic mass is 9.93. The predicted octanol–water partition coefficient (Wildman–Crippen LogP) is 1.99. The molecule has 102 valence electrons. The molecule has 0 atom stereocenters. The molecule has 0 radical (unpaired) electrons. The molecule has 1 aliphatic rings. The zero-order valence-corrected chi connectivity index (χ0v) is 11.6. The van der Waals surface area contributed by atoms with Gasteiger partial charge in [-0.2, -0.15) is 0 Å². The number of nitrogens with one attached hydrogen (secondary N) is 1. The van der Waals surface area contributed by atoms with E-state index in [-0.39, 0.29) is 18.4 Å². The van der Waals surface area contributed by atoms with Gasteiger partial charge in [0.25, 0.3) is 0 Å². The first-order chi connectivity index (χ1) is 8.27. The van der Waals surface area contributed by atoms with Crippen LogP contribution in [-0.4, -0.2) is 24.1 Å². The number of hydrogen-bond donors (Lipinski definition) is 2. The molecular weight excluding hydrogens is 252 g/mol. The van der Waals surface area contributed by atoms with Crippen LogP contribution in [0.15, 0.2) is 0 Å². The zero-order chi connectivity index (χ0) is 12.3. The van der Waals surface area contributed by atoms with Crippen molar-refractivity contribution in [1.82, 2.24) is 4.98 Å². The molecule has 0 aliphatic heterocycles. The molecule has 0 spiro atoms. The average molecular weight is 273 g/mol. The van der Waals surface area contributed by atoms with Crippen LogP contribution in [0.1, 0.15) is 47.1 Å². The van der Waals surface area contributed by atoms with Crippen LogP contribution in [0.25, 0.3) is 0 Å². The van der Waals surface area contributed by atoms with E-state index in [1.165, 1.54) is 24.1 Å². The van der Waals surface area contributed by atoms with Crippen molar-refractivity contribution in [3.63, 3.8) is 0 Å². The third-order valence-electron chi connectivity index (χ3n) is 3.28. The van der Waals surface area contributed by atoms with Gasteiger partial charge in [0.15, 0.2) is 0 Å². The molecule has 1 aliphatic carbocycles. The van der Waals surface area contributed by atoms with Crippen LogP contribution in [0.5, 0.6) is 0 Å². The Bertz CT molecular complexity index is 415. The number of nitrogens with two attached hydrogens (primary N) is 1. The molecule has 18 heavy (non-hydrogen) atoms. The zero-order valence-electron chi connectivity index (χ0n) is 10.8. The van der Waals surface area contributed by atoms with E-state index in [2.05, 4.69) is 4.98 Å². The summed E-state index contributed by atoms with van der Waals surface area (Å²) >= 11 is 0. The highest BCUT2D eigenvalue weighted by atomic mass is 35.5. The van der Waals surface area contributed by atoms with Crippen molar-refractivity contribution < 1.29 is 9.53 Å². The van der Waals surface area contributed by atoms with E-state index in [0.717, 1.165) is 24.8 Å². The van der Waals surface area contributed by atoms with Crippen LogP contribution in [0.4, 0.5) is 0 Å². The van der Waals surface area contributed by atoms with Crippen LogP contribution < -0.4 is 5.73 Å². The van der Waals surface area contributed by atoms with E-state index in [9.17, 15) is 4.79 Å². The van der Waals surface area contributed by atoms with Gasteiger partial charge >= 0.3 is 5.97 Å². The maximum Gasteiger partial charge on any atom is 0.355 e. The number of aromatic nitrogens is 1. The summed E-state index contributed by atoms with van der Waals surface area (Å²) in [4.78, 5) is 15.1. The lowest BCUT2D eigenvalue weighted by molar-refractivity contribution is 0.0519. The van der Waals surface area contributed by atoms with Crippen LogP contribution in [0.2, 0.25) is 0 Å². The molecule has 0 fully saturated rings. The van der Waals surface area contributed by atoms with E-state index < -0.39 is 0 Å². The second-order valence-corrected chi connectivity index (χ2v) is 4.40. The number of ether oxygens (including phenoxy) is 1. The Labute approximate surface area is 114 Å². The van der Waals surface area contributed by atoms with Gasteiger partial charge in [0.1, 0.15) is 5.69 Å². The Morgan fingerprint density at radius 3 is 2.78 bits per heavy atom. The van der Waals surface area contributed by atoms with Gasteiger partial charge < -0.3 is 15.5 Å². The smallest absolute Gasteiger partial charge is 0.355 e. The highest BCUT2D eigenvalue weighted by Crippen LogP contribution is 2.27. The number of carbonyl (C=O) groups excluding carboxylic acids is 1. The van der Waals surface area contributed by atoms with Crippen LogP contribution in [-0.2, 0) is 24.0 Å². The SMILES string of the molecule is CCOC(=O)c1[nH]c2c(c1CCN)CCCC2.Cl. The first-order valence-electron chi connectivity index (χ1n) is 6.37. The molecule has 2 rings (SSSR count). The monoisotopic (exact) mass is 272 g/mol. The van der Waals surface area contributed by atoms with Crippen molar-refractivity contribution in [2.24, 2.45) is 5.73 Å². The van der Waals surface area contributed by atoms with E-state index in [1.807, 2.05) is 6.92 Å². The minimum absolute atomic E-state index is 0. The van der Waals surface area contributed by atoms with Crippen LogP contribution in [0, 0.1) is 0 Å². The van der Waals surface area contributed by atoms with E-state index in [1.54, 1.807) is 0 Å². The fourth-order valence-corrected chi connectivity index (χ4v) is 2.55. The summed E-state index contributed by atoms with van der Waals surface area (Å²) in [6.07, 6.45) is 5.23. The molecule has 1 heterocycles. The van der Waals surface area contributed by atoms with Crippen LogP contribution >= 0.6 is 12.4 Å². The summed E-state index contributed by atoms with van der Waals surface area (Å²) in [7, 11) is 0. The summed E-state index contributed by atoms with van der Waals surface area (Å²) < 4.78 is 5.08. The van der Waals surface area contributed by atoms with Gasteiger partial charge in [0.05, 0.1) is 6.61 Å². The van der Waals surface area contributed by atoms with Gasteiger partial charge in [-0.15, -0.1) is 12.4 Å². The lowest BCUT2D eigenvalue weighted by Crippen LogP contribution is -2.12. The molecule has 1 aromatic heterocycles. The number of halogens is 1. The van der Waals surface area contributed by atoms with E-state index in [4.69, 9.17) is 10.5 Å². The molecule has 1 aromatic rings. The van der Waals surface area contributed by atoms with Crippen molar-refractivity contribution in [2.45, 2.75) is 39.0 Å². The molecule has 4 nitrogen and oxygen atoms in total. The van der Waals surface area contributed by atoms with Gasteiger partial charge in [-0.1, -0.05) is 0 Å². The summed E-state index contributed by atoms with van der Waals surface area (Å²) in [5.74, 6) is -0.245. The fraction of sp³-hybridized carbons (Fsp3) is 0.615. The van der Waals surface area contributed by atoms with Crippen molar-refractivity contribution in [3.05, 3.63) is 22.5 Å². The molecule has 0 saturated heterocycles. The molecule has 0 bridgehead atoms. The normalized spacial score (nSPS) is 13.7. The molecule has 0 unspecified atom stereocenters. The van der Waals surface area contributed by atoms with Crippen molar-refractivity contribution in [1.29, 1.82) is 0 Å². The minimum Gasteiger partial charge on any atom is -0.461 e. The van der Waals surface area contributed by atoms with Gasteiger partial charge in [-0.25, -0.2) is 4.79 Å². The second-order valence-electron chi connectivity index (χ2n) is 4.40. The summed E-state index contributed by atoms with van der Waals surface area (Å²) in [5.41, 5.74) is 9.86.